The molecule has 0 aromatic heterocycles. The van der Waals surface area contributed by atoms with Crippen LogP contribution in [-0.2, 0) is 0 Å². The van der Waals surface area contributed by atoms with Gasteiger partial charge < -0.3 is 32.1 Å². The third-order valence-corrected chi connectivity index (χ3v) is 0. The van der Waals surface area contributed by atoms with Gasteiger partial charge in [-0.25, -0.2) is 0 Å². The van der Waals surface area contributed by atoms with Crippen LogP contribution in [0.2, 0.25) is 0 Å². The Bertz CT molecular complexity index is 15.5. The van der Waals surface area contributed by atoms with Crippen LogP contribution < -0.4 is 22.0 Å². The number of rotatable bonds is 0. The summed E-state index contributed by atoms with van der Waals surface area (Å²) in [5, 5.41) is 22.8. The minimum absolute atomic E-state index is 0. The van der Waals surface area contributed by atoms with Crippen molar-refractivity contribution in [3.8, 4) is 0 Å². The van der Waals surface area contributed by atoms with Crippen molar-refractivity contribution in [1.29, 1.82) is 0 Å². The molecule has 0 rings (SSSR count). The van der Waals surface area contributed by atoms with Crippen molar-refractivity contribution in [2.45, 2.75) is 0 Å². The summed E-state index contributed by atoms with van der Waals surface area (Å²) < 4.78 is 0. The predicted molar refractivity (Wildman–Crippen MR) is 15.9 cm³/mol. The zero-order chi connectivity index (χ0) is 3.58. The van der Waals surface area contributed by atoms with Crippen molar-refractivity contribution < 1.29 is 32.1 Å². The van der Waals surface area contributed by atoms with Crippen LogP contribution >= 0.6 is 0 Å². The van der Waals surface area contributed by atoms with E-state index in [0.717, 1.165) is 0 Å². The van der Waals surface area contributed by atoms with E-state index in [9.17, 15) is 0 Å². The van der Waals surface area contributed by atoms with Gasteiger partial charge in [-0.15, -0.1) is 0 Å². The summed E-state index contributed by atoms with van der Waals surface area (Å²) in [5.74, 6) is 0. The fraction of sp³-hybridized carbons (Fsp3) is 0. The molecular formula is H2BBrMgO3. The maximum Gasteiger partial charge on any atom is 2.00 e. The average Bonchev–Trinajstić information content (AvgIpc) is 0.811. The first-order valence-corrected chi connectivity index (χ1v) is 0.752. The van der Waals surface area contributed by atoms with Crippen molar-refractivity contribution in [3.05, 3.63) is 0 Å². The summed E-state index contributed by atoms with van der Waals surface area (Å²) in [7, 11) is -2.42. The van der Waals surface area contributed by atoms with Crippen LogP contribution in [0.5, 0.6) is 0 Å². The molecule has 0 bridgehead atoms. The van der Waals surface area contributed by atoms with E-state index >= 15 is 0 Å². The van der Waals surface area contributed by atoms with E-state index in [4.69, 9.17) is 15.1 Å². The second-order valence-electron chi connectivity index (χ2n) is 0.326. The van der Waals surface area contributed by atoms with Gasteiger partial charge in [-0.2, -0.15) is 0 Å². The molecule has 0 heterocycles. The average molecular weight is 165 g/mol. The van der Waals surface area contributed by atoms with E-state index in [1.54, 1.807) is 0 Å². The normalized spacial score (nSPS) is 4.50. The monoisotopic (exact) mass is 164 g/mol. The van der Waals surface area contributed by atoms with Gasteiger partial charge in [-0.3, -0.25) is 0 Å². The Morgan fingerprint density at radius 2 is 1.33 bits per heavy atom. The molecule has 0 aliphatic carbocycles. The molecule has 0 fully saturated rings. The molecular weight excluding hydrogens is 163 g/mol. The fourth-order valence-electron chi connectivity index (χ4n) is 0. The van der Waals surface area contributed by atoms with Crippen LogP contribution in [0.3, 0.4) is 0 Å². The van der Waals surface area contributed by atoms with Gasteiger partial charge in [-0.05, 0) is 0 Å². The Morgan fingerprint density at radius 1 is 1.33 bits per heavy atom. The Kier molecular flexibility index (Phi) is 24.8. The van der Waals surface area contributed by atoms with E-state index in [0.29, 0.717) is 0 Å². The molecule has 0 unspecified atom stereocenters. The molecule has 0 aliphatic heterocycles. The van der Waals surface area contributed by atoms with Crippen molar-refractivity contribution in [1.82, 2.24) is 0 Å². The first-order valence-electron chi connectivity index (χ1n) is 0.752. The summed E-state index contributed by atoms with van der Waals surface area (Å²) in [4.78, 5) is 0. The third-order valence-electron chi connectivity index (χ3n) is 0. The molecule has 0 saturated heterocycles. The van der Waals surface area contributed by atoms with Gasteiger partial charge in [0.05, 0.1) is 0 Å². The van der Waals surface area contributed by atoms with Gasteiger partial charge in [0.25, 0.3) is 0 Å². The zero-order valence-corrected chi connectivity index (χ0v) is 5.97. The molecule has 0 aromatic carbocycles. The van der Waals surface area contributed by atoms with E-state index in [1.165, 1.54) is 0 Å². The van der Waals surface area contributed by atoms with Gasteiger partial charge in [0.15, 0.2) is 0 Å². The smallest absolute Gasteiger partial charge is 1.00 e. The van der Waals surface area contributed by atoms with Crippen molar-refractivity contribution >= 4 is 30.4 Å². The first kappa shape index (κ1) is 15.7. The van der Waals surface area contributed by atoms with Crippen molar-refractivity contribution in [3.63, 3.8) is 0 Å². The molecule has 32 valence electrons. The van der Waals surface area contributed by atoms with E-state index in [-0.39, 0.29) is 40.0 Å². The van der Waals surface area contributed by atoms with E-state index in [2.05, 4.69) is 0 Å². The molecule has 0 aromatic rings. The maximum atomic E-state index is 8.64. The Hall–Kier alpha value is 1.19. The SMILES string of the molecule is [Br-].[Mg+2].[O-]B(O)O. The van der Waals surface area contributed by atoms with Crippen molar-refractivity contribution in [2.75, 3.05) is 0 Å². The molecule has 6 heavy (non-hydrogen) atoms. The Balaban J connectivity index is -0.0000000450. The molecule has 6 heteroatoms. The van der Waals surface area contributed by atoms with Gasteiger partial charge in [0, 0.05) is 0 Å². The summed E-state index contributed by atoms with van der Waals surface area (Å²) in [6.07, 6.45) is 0. The largest absolute Gasteiger partial charge is 2.00 e. The Labute approximate surface area is 62.5 Å². The standard InChI is InChI=1S/BH2O3.BrH.Mg/c2-1(3)4;;/h2-3H;1H;/q-1;;+2/p-1. The predicted octanol–water partition coefficient (Wildman–Crippen LogP) is -6.06. The molecule has 0 spiro atoms. The van der Waals surface area contributed by atoms with Crippen LogP contribution in [0, 0.1) is 0 Å². The Morgan fingerprint density at radius 3 is 1.33 bits per heavy atom. The molecule has 0 amide bonds. The molecule has 2 N–H and O–H groups in total. The number of halogens is 1. The summed E-state index contributed by atoms with van der Waals surface area (Å²) >= 11 is 0. The molecule has 3 nitrogen and oxygen atoms in total. The quantitative estimate of drug-likeness (QED) is 0.351. The van der Waals surface area contributed by atoms with Crippen LogP contribution in [0.1, 0.15) is 0 Å². The molecule has 0 radical (unpaired) electrons. The molecule has 0 atom stereocenters. The first-order chi connectivity index (χ1) is 1.73. The van der Waals surface area contributed by atoms with Gasteiger partial charge in [-0.1, -0.05) is 0 Å². The number of hydrogen-bond acceptors (Lipinski definition) is 3. The second-order valence-corrected chi connectivity index (χ2v) is 0.326. The van der Waals surface area contributed by atoms with Crippen molar-refractivity contribution in [2.24, 2.45) is 0 Å². The van der Waals surface area contributed by atoms with Gasteiger partial charge in [0.2, 0.25) is 0 Å². The molecule has 0 aliphatic rings. The minimum Gasteiger partial charge on any atom is -1.00 e. The topological polar surface area (TPSA) is 63.5 Å². The number of hydrogen-bond donors (Lipinski definition) is 2. The minimum atomic E-state index is -2.42. The van der Waals surface area contributed by atoms with Crippen LogP contribution in [0.4, 0.5) is 0 Å². The zero-order valence-electron chi connectivity index (χ0n) is 2.97. The van der Waals surface area contributed by atoms with Crippen LogP contribution in [-0.4, -0.2) is 40.4 Å². The summed E-state index contributed by atoms with van der Waals surface area (Å²) in [6.45, 7) is 0. The fourth-order valence-corrected chi connectivity index (χ4v) is 0. The van der Waals surface area contributed by atoms with E-state index in [1.807, 2.05) is 0 Å². The van der Waals surface area contributed by atoms with Crippen LogP contribution in [0.25, 0.3) is 0 Å². The maximum absolute atomic E-state index is 8.64. The summed E-state index contributed by atoms with van der Waals surface area (Å²) in [5.41, 5.74) is 0. The summed E-state index contributed by atoms with van der Waals surface area (Å²) in [6, 6.07) is 0. The molecule has 0 saturated carbocycles. The van der Waals surface area contributed by atoms with Gasteiger partial charge >= 0.3 is 30.4 Å². The van der Waals surface area contributed by atoms with Crippen LogP contribution in [0.15, 0.2) is 0 Å². The third kappa shape index (κ3) is 64.3. The van der Waals surface area contributed by atoms with Gasteiger partial charge in [0.1, 0.15) is 0 Å². The second kappa shape index (κ2) is 9.50. The van der Waals surface area contributed by atoms with E-state index < -0.39 is 7.32 Å².